The molecule has 5 nitrogen and oxygen atoms in total. The van der Waals surface area contributed by atoms with Gasteiger partial charge in [0.2, 0.25) is 0 Å². The number of hydrogen-bond acceptors (Lipinski definition) is 5. The van der Waals surface area contributed by atoms with Gasteiger partial charge in [-0.3, -0.25) is 0 Å². The van der Waals surface area contributed by atoms with Crippen molar-refractivity contribution in [1.82, 2.24) is 9.97 Å². The fraction of sp³-hybridized carbons (Fsp3) is 0.333. The van der Waals surface area contributed by atoms with E-state index in [1.807, 2.05) is 25.1 Å². The third kappa shape index (κ3) is 2.95. The van der Waals surface area contributed by atoms with Gasteiger partial charge in [0, 0.05) is 18.7 Å². The van der Waals surface area contributed by atoms with Crippen molar-refractivity contribution < 1.29 is 4.74 Å². The molecular weight excluding hydrogens is 332 g/mol. The third-order valence-corrected chi connectivity index (χ3v) is 4.10. The summed E-state index contributed by atoms with van der Waals surface area (Å²) >= 11 is 3.61. The van der Waals surface area contributed by atoms with Crippen LogP contribution in [0, 0.1) is 0 Å². The van der Waals surface area contributed by atoms with Crippen molar-refractivity contribution >= 4 is 27.6 Å². The van der Waals surface area contributed by atoms with Crippen molar-refractivity contribution in [2.45, 2.75) is 13.5 Å². The fourth-order valence-corrected chi connectivity index (χ4v) is 2.97. The molecule has 1 aromatic carbocycles. The Morgan fingerprint density at radius 2 is 2.19 bits per heavy atom. The quantitative estimate of drug-likeness (QED) is 0.923. The van der Waals surface area contributed by atoms with Crippen molar-refractivity contribution in [3.05, 3.63) is 40.6 Å². The number of anilines is 2. The fourth-order valence-electron chi connectivity index (χ4n) is 2.38. The van der Waals surface area contributed by atoms with Crippen molar-refractivity contribution in [3.63, 3.8) is 0 Å². The number of para-hydroxylation sites is 1. The predicted octanol–water partition coefficient (Wildman–Crippen LogP) is 3.07. The Hall–Kier alpha value is -1.82. The lowest BCUT2D eigenvalue weighted by molar-refractivity contribution is 0.331. The summed E-state index contributed by atoms with van der Waals surface area (Å²) in [7, 11) is 0. The monoisotopic (exact) mass is 348 g/mol. The number of nitrogens with one attached hydrogen (secondary N) is 1. The SMILES string of the molecule is CCNc1ncnc(N2CCOc3ccccc3C2)c1Br. The Morgan fingerprint density at radius 1 is 1.33 bits per heavy atom. The number of fused-ring (bicyclic) bond motifs is 1. The first-order valence-corrected chi connectivity index (χ1v) is 7.79. The van der Waals surface area contributed by atoms with Crippen LogP contribution in [0.5, 0.6) is 5.75 Å². The molecule has 110 valence electrons. The Morgan fingerprint density at radius 3 is 3.05 bits per heavy atom. The molecule has 2 aromatic rings. The van der Waals surface area contributed by atoms with Crippen molar-refractivity contribution in [3.8, 4) is 5.75 Å². The number of hydrogen-bond donors (Lipinski definition) is 1. The van der Waals surface area contributed by atoms with Gasteiger partial charge >= 0.3 is 0 Å². The number of halogens is 1. The molecule has 1 aliphatic rings. The first-order chi connectivity index (χ1) is 10.3. The van der Waals surface area contributed by atoms with Crippen molar-refractivity contribution in [2.75, 3.05) is 29.9 Å². The molecule has 3 rings (SSSR count). The number of nitrogens with zero attached hydrogens (tertiary/aromatic N) is 3. The van der Waals surface area contributed by atoms with E-state index in [1.54, 1.807) is 6.33 Å². The van der Waals surface area contributed by atoms with Crippen LogP contribution in [0.3, 0.4) is 0 Å². The van der Waals surface area contributed by atoms with E-state index >= 15 is 0 Å². The van der Waals surface area contributed by atoms with Crippen LogP contribution in [0.1, 0.15) is 12.5 Å². The third-order valence-electron chi connectivity index (χ3n) is 3.37. The maximum Gasteiger partial charge on any atom is 0.148 e. The van der Waals surface area contributed by atoms with Gasteiger partial charge in [-0.1, -0.05) is 18.2 Å². The Bertz CT molecular complexity index is 635. The van der Waals surface area contributed by atoms with Gasteiger partial charge in [-0.15, -0.1) is 0 Å². The van der Waals surface area contributed by atoms with Crippen LogP contribution in [0.15, 0.2) is 35.1 Å². The molecule has 0 spiro atoms. The summed E-state index contributed by atoms with van der Waals surface area (Å²) in [5, 5.41) is 3.23. The number of ether oxygens (including phenoxy) is 1. The highest BCUT2D eigenvalue weighted by Crippen LogP contribution is 2.32. The normalized spacial score (nSPS) is 14.1. The Labute approximate surface area is 132 Å². The molecule has 1 aliphatic heterocycles. The van der Waals surface area contributed by atoms with Gasteiger partial charge in [-0.25, -0.2) is 9.97 Å². The van der Waals surface area contributed by atoms with E-state index in [0.717, 1.165) is 41.5 Å². The minimum Gasteiger partial charge on any atom is -0.491 e. The van der Waals surface area contributed by atoms with Gasteiger partial charge in [0.25, 0.3) is 0 Å². The summed E-state index contributed by atoms with van der Waals surface area (Å²) < 4.78 is 6.70. The molecule has 0 saturated heterocycles. The van der Waals surface area contributed by atoms with Crippen LogP contribution < -0.4 is 15.0 Å². The molecule has 6 heteroatoms. The molecule has 2 heterocycles. The Balaban J connectivity index is 1.92. The largest absolute Gasteiger partial charge is 0.491 e. The highest BCUT2D eigenvalue weighted by atomic mass is 79.9. The van der Waals surface area contributed by atoms with E-state index in [4.69, 9.17) is 4.74 Å². The molecular formula is C15H17BrN4O. The highest BCUT2D eigenvalue weighted by molar-refractivity contribution is 9.10. The topological polar surface area (TPSA) is 50.3 Å². The standard InChI is InChI=1S/C15H17BrN4O/c1-2-17-14-13(16)15(19-10-18-14)20-7-8-21-12-6-4-3-5-11(12)9-20/h3-6,10H,2,7-9H2,1H3,(H,17,18,19). The molecule has 0 saturated carbocycles. The average molecular weight is 349 g/mol. The predicted molar refractivity (Wildman–Crippen MR) is 86.9 cm³/mol. The molecule has 0 fully saturated rings. The zero-order valence-corrected chi connectivity index (χ0v) is 13.4. The zero-order valence-electron chi connectivity index (χ0n) is 11.8. The second-order valence-corrected chi connectivity index (χ2v) is 5.56. The summed E-state index contributed by atoms with van der Waals surface area (Å²) in [4.78, 5) is 10.9. The van der Waals surface area contributed by atoms with Crippen LogP contribution in [-0.4, -0.2) is 29.7 Å². The smallest absolute Gasteiger partial charge is 0.148 e. The maximum atomic E-state index is 5.80. The van der Waals surface area contributed by atoms with E-state index < -0.39 is 0 Å². The lowest BCUT2D eigenvalue weighted by Gasteiger charge is -2.22. The average Bonchev–Trinajstić information content (AvgIpc) is 2.72. The Kier molecular flexibility index (Phi) is 4.24. The molecule has 0 bridgehead atoms. The molecule has 1 N–H and O–H groups in total. The van der Waals surface area contributed by atoms with Crippen LogP contribution in [0.4, 0.5) is 11.6 Å². The van der Waals surface area contributed by atoms with Gasteiger partial charge < -0.3 is 15.0 Å². The summed E-state index contributed by atoms with van der Waals surface area (Å²) in [6, 6.07) is 8.13. The molecule has 0 amide bonds. The van der Waals surface area contributed by atoms with E-state index in [9.17, 15) is 0 Å². The highest BCUT2D eigenvalue weighted by Gasteiger charge is 2.19. The molecule has 0 atom stereocenters. The first kappa shape index (κ1) is 14.1. The van der Waals surface area contributed by atoms with Crippen molar-refractivity contribution in [1.29, 1.82) is 0 Å². The number of aromatic nitrogens is 2. The van der Waals surface area contributed by atoms with Crippen LogP contribution >= 0.6 is 15.9 Å². The van der Waals surface area contributed by atoms with Gasteiger partial charge in [0.1, 0.15) is 34.8 Å². The lowest BCUT2D eigenvalue weighted by Crippen LogP contribution is -2.27. The van der Waals surface area contributed by atoms with Gasteiger partial charge in [-0.05, 0) is 28.9 Å². The van der Waals surface area contributed by atoms with E-state index in [1.165, 1.54) is 5.56 Å². The lowest BCUT2D eigenvalue weighted by atomic mass is 10.2. The second-order valence-electron chi connectivity index (χ2n) is 4.77. The summed E-state index contributed by atoms with van der Waals surface area (Å²) in [6.07, 6.45) is 1.59. The molecule has 0 aliphatic carbocycles. The summed E-state index contributed by atoms with van der Waals surface area (Å²) in [6.45, 7) is 5.07. The van der Waals surface area contributed by atoms with E-state index in [2.05, 4.69) is 42.2 Å². The number of rotatable bonds is 3. The van der Waals surface area contributed by atoms with Gasteiger partial charge in [-0.2, -0.15) is 0 Å². The molecule has 1 aromatic heterocycles. The zero-order chi connectivity index (χ0) is 14.7. The first-order valence-electron chi connectivity index (χ1n) is 6.99. The van der Waals surface area contributed by atoms with Gasteiger partial charge in [0.15, 0.2) is 0 Å². The van der Waals surface area contributed by atoms with Crippen molar-refractivity contribution in [2.24, 2.45) is 0 Å². The minimum absolute atomic E-state index is 0.643. The maximum absolute atomic E-state index is 5.80. The molecule has 0 radical (unpaired) electrons. The second kappa shape index (κ2) is 6.30. The van der Waals surface area contributed by atoms with Crippen LogP contribution in [0.25, 0.3) is 0 Å². The van der Waals surface area contributed by atoms with Gasteiger partial charge in [0.05, 0.1) is 6.54 Å². The minimum atomic E-state index is 0.643. The van der Waals surface area contributed by atoms with E-state index in [-0.39, 0.29) is 0 Å². The molecule has 0 unspecified atom stereocenters. The van der Waals surface area contributed by atoms with E-state index in [0.29, 0.717) is 6.61 Å². The number of benzene rings is 1. The summed E-state index contributed by atoms with van der Waals surface area (Å²) in [5.74, 6) is 2.67. The molecule has 21 heavy (non-hydrogen) atoms. The summed E-state index contributed by atoms with van der Waals surface area (Å²) in [5.41, 5.74) is 1.17. The van der Waals surface area contributed by atoms with Crippen LogP contribution in [-0.2, 0) is 6.54 Å². The van der Waals surface area contributed by atoms with Crippen LogP contribution in [0.2, 0.25) is 0 Å².